The van der Waals surface area contributed by atoms with Gasteiger partial charge in [0.05, 0.1) is 11.2 Å². The van der Waals surface area contributed by atoms with Crippen molar-refractivity contribution >= 4 is 18.7 Å². The van der Waals surface area contributed by atoms with Gasteiger partial charge >= 0.3 is 7.12 Å². The Bertz CT molecular complexity index is 700. The van der Waals surface area contributed by atoms with E-state index in [1.165, 1.54) is 6.92 Å². The van der Waals surface area contributed by atoms with Gasteiger partial charge in [-0.25, -0.2) is 4.99 Å². The Morgan fingerprint density at radius 1 is 1.08 bits per heavy atom. The number of carbonyl (C=O) groups excluding carboxylic acids is 1. The van der Waals surface area contributed by atoms with Gasteiger partial charge in [0, 0.05) is 22.3 Å². The van der Waals surface area contributed by atoms with Crippen LogP contribution in [-0.4, -0.2) is 29.9 Å². The normalized spacial score (nSPS) is 24.5. The van der Waals surface area contributed by atoms with E-state index < -0.39 is 18.3 Å². The van der Waals surface area contributed by atoms with Crippen LogP contribution >= 0.6 is 0 Å². The molecule has 2 fully saturated rings. The highest BCUT2D eigenvalue weighted by atomic mass is 16.7. The van der Waals surface area contributed by atoms with Crippen molar-refractivity contribution in [3.63, 3.8) is 0 Å². The average Bonchev–Trinajstić information content (AvgIpc) is 3.18. The molecule has 0 radical (unpaired) electrons. The minimum Gasteiger partial charge on any atom is -0.405 e. The van der Waals surface area contributed by atoms with Crippen molar-refractivity contribution in [1.29, 1.82) is 0 Å². The monoisotopic (exact) mass is 359 g/mol. The second kappa shape index (κ2) is 6.70. The SMILES string of the molecule is C=C(/C=C(\N=C(N)C=C(N)B1OC(C)(C)C(C)(C)O1)C1(C)CC1)C(C)=O. The molecular weight excluding hydrogens is 329 g/mol. The van der Waals surface area contributed by atoms with Crippen LogP contribution in [0.2, 0.25) is 0 Å². The van der Waals surface area contributed by atoms with Crippen LogP contribution in [0.1, 0.15) is 54.4 Å². The van der Waals surface area contributed by atoms with Crippen molar-refractivity contribution in [1.82, 2.24) is 0 Å². The maximum Gasteiger partial charge on any atom is 0.511 e. The molecule has 7 heteroatoms. The predicted molar refractivity (Wildman–Crippen MR) is 105 cm³/mol. The fourth-order valence-electron chi connectivity index (χ4n) is 2.44. The highest BCUT2D eigenvalue weighted by molar-refractivity contribution is 6.54. The summed E-state index contributed by atoms with van der Waals surface area (Å²) in [5, 5.41) is 0. The van der Waals surface area contributed by atoms with Crippen molar-refractivity contribution in [2.24, 2.45) is 21.9 Å². The van der Waals surface area contributed by atoms with Gasteiger partial charge in [0.15, 0.2) is 5.78 Å². The topological polar surface area (TPSA) is 99.9 Å². The van der Waals surface area contributed by atoms with Crippen LogP contribution < -0.4 is 11.5 Å². The number of aliphatic imine (C=N–C) groups is 1. The van der Waals surface area contributed by atoms with Crippen molar-refractivity contribution in [2.45, 2.75) is 65.6 Å². The lowest BCUT2D eigenvalue weighted by Gasteiger charge is -2.32. The van der Waals surface area contributed by atoms with Crippen molar-refractivity contribution in [3.05, 3.63) is 35.6 Å². The summed E-state index contributed by atoms with van der Waals surface area (Å²) < 4.78 is 11.8. The zero-order valence-electron chi connectivity index (χ0n) is 16.7. The minimum absolute atomic E-state index is 0.0735. The summed E-state index contributed by atoms with van der Waals surface area (Å²) in [4.78, 5) is 16.0. The van der Waals surface area contributed by atoms with Crippen LogP contribution in [0.3, 0.4) is 0 Å². The number of rotatable bonds is 6. The number of nitrogens with zero attached hydrogens (tertiary/aromatic N) is 1. The molecule has 1 saturated heterocycles. The molecule has 1 aliphatic heterocycles. The standard InChI is InChI=1S/C19H30BN3O3/c1-12(13(2)24)10-14(19(7)8-9-19)23-16(22)11-15(21)20-25-17(3,4)18(5,6)26-20/h10-11H,1,8-9,21H2,2-7H3,(H2,22,23)/b14-10-,15-11?. The predicted octanol–water partition coefficient (Wildman–Crippen LogP) is 2.65. The Labute approximate surface area is 156 Å². The van der Waals surface area contributed by atoms with E-state index >= 15 is 0 Å². The van der Waals surface area contributed by atoms with E-state index in [4.69, 9.17) is 20.8 Å². The number of ketones is 1. The van der Waals surface area contributed by atoms with E-state index in [-0.39, 0.29) is 17.0 Å². The fraction of sp³-hybridized carbons (Fsp3) is 0.579. The van der Waals surface area contributed by atoms with Crippen LogP contribution in [0.5, 0.6) is 0 Å². The molecule has 0 unspecified atom stereocenters. The first-order chi connectivity index (χ1) is 11.8. The quantitative estimate of drug-likeness (QED) is 0.250. The Balaban J connectivity index is 2.23. The number of nitrogens with two attached hydrogens (primary N) is 2. The van der Waals surface area contributed by atoms with Gasteiger partial charge < -0.3 is 20.8 Å². The molecule has 0 bridgehead atoms. The van der Waals surface area contributed by atoms with Crippen LogP contribution in [0.25, 0.3) is 0 Å². The third kappa shape index (κ3) is 4.27. The highest BCUT2D eigenvalue weighted by Gasteiger charge is 2.52. The molecule has 0 aromatic heterocycles. The molecule has 0 aromatic carbocycles. The Hall–Kier alpha value is -1.86. The molecular formula is C19H30BN3O3. The van der Waals surface area contributed by atoms with E-state index in [1.807, 2.05) is 27.7 Å². The van der Waals surface area contributed by atoms with Gasteiger partial charge in [0.25, 0.3) is 0 Å². The molecule has 26 heavy (non-hydrogen) atoms. The smallest absolute Gasteiger partial charge is 0.405 e. The lowest BCUT2D eigenvalue weighted by Crippen LogP contribution is -2.41. The molecule has 0 atom stereocenters. The molecule has 4 N–H and O–H groups in total. The zero-order chi connectivity index (χ0) is 19.9. The number of Topliss-reactive ketones (excluding diaryl/α,β-unsaturated/α-hetero) is 1. The summed E-state index contributed by atoms with van der Waals surface area (Å²) in [5.74, 6) is 0.153. The summed E-state index contributed by atoms with van der Waals surface area (Å²) in [6.07, 6.45) is 5.26. The first-order valence-electron chi connectivity index (χ1n) is 8.86. The number of allylic oxidation sites excluding steroid dienone is 3. The van der Waals surface area contributed by atoms with E-state index in [9.17, 15) is 4.79 Å². The molecule has 1 saturated carbocycles. The highest BCUT2D eigenvalue weighted by Crippen LogP contribution is 2.52. The summed E-state index contributed by atoms with van der Waals surface area (Å²) in [7, 11) is -0.676. The van der Waals surface area contributed by atoms with E-state index in [0.717, 1.165) is 18.5 Å². The number of carbonyl (C=O) groups is 1. The molecule has 0 aromatic rings. The zero-order valence-corrected chi connectivity index (χ0v) is 16.7. The number of hydrogen-bond donors (Lipinski definition) is 2. The van der Waals surface area contributed by atoms with Crippen LogP contribution in [0.4, 0.5) is 0 Å². The van der Waals surface area contributed by atoms with Gasteiger partial charge in [-0.1, -0.05) is 13.5 Å². The lowest BCUT2D eigenvalue weighted by molar-refractivity contribution is -0.113. The maximum absolute atomic E-state index is 11.5. The molecule has 0 amide bonds. The van der Waals surface area contributed by atoms with Gasteiger partial charge in [0.2, 0.25) is 0 Å². The number of hydrogen-bond acceptors (Lipinski definition) is 5. The summed E-state index contributed by atoms with van der Waals surface area (Å²) in [6, 6.07) is 0. The number of amidine groups is 1. The van der Waals surface area contributed by atoms with Crippen molar-refractivity contribution < 1.29 is 14.1 Å². The molecule has 1 heterocycles. The van der Waals surface area contributed by atoms with Crippen LogP contribution in [-0.2, 0) is 14.1 Å². The van der Waals surface area contributed by atoms with Crippen molar-refractivity contribution in [2.75, 3.05) is 0 Å². The first-order valence-corrected chi connectivity index (χ1v) is 8.86. The third-order valence-electron chi connectivity index (χ3n) is 5.47. The average molecular weight is 359 g/mol. The Morgan fingerprint density at radius 3 is 2.00 bits per heavy atom. The third-order valence-corrected chi connectivity index (χ3v) is 5.47. The molecule has 142 valence electrons. The fourth-order valence-corrected chi connectivity index (χ4v) is 2.44. The van der Waals surface area contributed by atoms with Gasteiger partial charge in [-0.15, -0.1) is 0 Å². The maximum atomic E-state index is 11.5. The van der Waals surface area contributed by atoms with Crippen LogP contribution in [0, 0.1) is 5.41 Å². The van der Waals surface area contributed by atoms with E-state index in [0.29, 0.717) is 11.2 Å². The van der Waals surface area contributed by atoms with Gasteiger partial charge in [-0.3, -0.25) is 4.79 Å². The van der Waals surface area contributed by atoms with E-state index in [1.54, 1.807) is 12.2 Å². The lowest BCUT2D eigenvalue weighted by atomic mass is 9.84. The Kier molecular flexibility index (Phi) is 5.28. The first kappa shape index (κ1) is 20.5. The second-order valence-electron chi connectivity index (χ2n) is 8.44. The molecule has 1 aliphatic carbocycles. The van der Waals surface area contributed by atoms with Crippen LogP contribution in [0.15, 0.2) is 40.6 Å². The van der Waals surface area contributed by atoms with Gasteiger partial charge in [-0.2, -0.15) is 0 Å². The second-order valence-corrected chi connectivity index (χ2v) is 8.44. The molecule has 2 rings (SSSR count). The van der Waals surface area contributed by atoms with Gasteiger partial charge in [-0.05, 0) is 59.6 Å². The minimum atomic E-state index is -0.676. The Morgan fingerprint density at radius 2 is 1.58 bits per heavy atom. The van der Waals surface area contributed by atoms with Gasteiger partial charge in [0.1, 0.15) is 5.84 Å². The molecule has 6 nitrogen and oxygen atoms in total. The largest absolute Gasteiger partial charge is 0.511 e. The summed E-state index contributed by atoms with van der Waals surface area (Å²) in [6.45, 7) is 15.2. The molecule has 2 aliphatic rings. The van der Waals surface area contributed by atoms with Crippen molar-refractivity contribution in [3.8, 4) is 0 Å². The summed E-state index contributed by atoms with van der Waals surface area (Å²) >= 11 is 0. The molecule has 0 spiro atoms. The summed E-state index contributed by atoms with van der Waals surface area (Å²) in [5.41, 5.74) is 12.7. The van der Waals surface area contributed by atoms with E-state index in [2.05, 4.69) is 18.5 Å².